The minimum absolute atomic E-state index is 0.387. The highest BCUT2D eigenvalue weighted by Gasteiger charge is 2.40. The van der Waals surface area contributed by atoms with Crippen LogP contribution in [0.15, 0.2) is 48.5 Å². The zero-order chi connectivity index (χ0) is 20.6. The molecule has 156 valence electrons. The van der Waals surface area contributed by atoms with E-state index in [1.165, 1.54) is 0 Å². The second-order valence-corrected chi connectivity index (χ2v) is 8.44. The molecule has 3 heterocycles. The van der Waals surface area contributed by atoms with Crippen LogP contribution in [-0.2, 0) is 16.1 Å². The van der Waals surface area contributed by atoms with Crippen LogP contribution in [0.5, 0.6) is 5.75 Å². The molecule has 0 aliphatic carbocycles. The lowest BCUT2D eigenvalue weighted by atomic mass is 10.0. The number of rotatable bonds is 4. The maximum Gasteiger partial charge on any atom is 0.171 e. The number of para-hydroxylation sites is 1. The molecule has 0 amide bonds. The lowest BCUT2D eigenvalue weighted by Crippen LogP contribution is -2.45. The summed E-state index contributed by atoms with van der Waals surface area (Å²) in [5.74, 6) is 1.30. The predicted molar refractivity (Wildman–Crippen MR) is 119 cm³/mol. The van der Waals surface area contributed by atoms with Crippen molar-refractivity contribution in [1.82, 2.24) is 4.98 Å². The van der Waals surface area contributed by atoms with E-state index >= 15 is 0 Å². The van der Waals surface area contributed by atoms with Gasteiger partial charge in [0, 0.05) is 31.3 Å². The molecule has 5 rings (SSSR count). The molecule has 0 radical (unpaired) electrons. The molecular formula is C23H22Cl2N2O3. The molecule has 0 N–H and O–H groups in total. The van der Waals surface area contributed by atoms with Crippen LogP contribution in [-0.4, -0.2) is 37.1 Å². The molecule has 0 atom stereocenters. The van der Waals surface area contributed by atoms with Crippen LogP contribution in [0.2, 0.25) is 10.0 Å². The van der Waals surface area contributed by atoms with Crippen LogP contribution in [0, 0.1) is 0 Å². The van der Waals surface area contributed by atoms with Crippen LogP contribution in [0.25, 0.3) is 10.9 Å². The van der Waals surface area contributed by atoms with Crippen molar-refractivity contribution in [3.63, 3.8) is 0 Å². The Balaban J connectivity index is 1.35. The first-order valence-electron chi connectivity index (χ1n) is 10.1. The van der Waals surface area contributed by atoms with Gasteiger partial charge in [-0.1, -0.05) is 41.4 Å². The summed E-state index contributed by atoms with van der Waals surface area (Å²) in [4.78, 5) is 7.21. The number of piperidine rings is 1. The van der Waals surface area contributed by atoms with Crippen molar-refractivity contribution in [2.75, 3.05) is 31.2 Å². The van der Waals surface area contributed by atoms with E-state index in [0.29, 0.717) is 29.9 Å². The standard InChI is InChI=1S/C23H22Cl2N2O3/c24-18-6-4-16(14-19(18)25)15-28-20-3-1-2-17-5-7-21(26-22(17)20)27-10-8-23(9-11-27)29-12-13-30-23/h1-7,14H,8-13,15H2. The SMILES string of the molecule is Clc1ccc(COc2cccc3ccc(N4CCC5(CC4)OCCO5)nc23)cc1Cl. The van der Waals surface area contributed by atoms with Gasteiger partial charge in [-0.05, 0) is 35.9 Å². The number of benzene rings is 2. The average molecular weight is 445 g/mol. The van der Waals surface area contributed by atoms with Gasteiger partial charge in [-0.15, -0.1) is 0 Å². The van der Waals surface area contributed by atoms with Gasteiger partial charge in [0.1, 0.15) is 23.7 Å². The van der Waals surface area contributed by atoms with E-state index in [9.17, 15) is 0 Å². The molecule has 2 aromatic carbocycles. The first kappa shape index (κ1) is 19.9. The summed E-state index contributed by atoms with van der Waals surface area (Å²) < 4.78 is 17.8. The maximum absolute atomic E-state index is 6.12. The fraction of sp³-hybridized carbons (Fsp3) is 0.348. The number of fused-ring (bicyclic) bond motifs is 1. The third-order valence-electron chi connectivity index (χ3n) is 5.71. The Labute approximate surface area is 185 Å². The third-order valence-corrected chi connectivity index (χ3v) is 6.45. The van der Waals surface area contributed by atoms with E-state index < -0.39 is 0 Å². The summed E-state index contributed by atoms with van der Waals surface area (Å²) in [7, 11) is 0. The topological polar surface area (TPSA) is 43.8 Å². The minimum Gasteiger partial charge on any atom is -0.487 e. The van der Waals surface area contributed by atoms with E-state index in [0.717, 1.165) is 54.0 Å². The number of halogens is 2. The molecule has 30 heavy (non-hydrogen) atoms. The van der Waals surface area contributed by atoms with E-state index in [4.69, 9.17) is 42.4 Å². The van der Waals surface area contributed by atoms with Gasteiger partial charge in [0.05, 0.1) is 23.3 Å². The lowest BCUT2D eigenvalue weighted by Gasteiger charge is -2.38. The average Bonchev–Trinajstić information content (AvgIpc) is 3.22. The Morgan fingerprint density at radius 1 is 0.967 bits per heavy atom. The van der Waals surface area contributed by atoms with Crippen molar-refractivity contribution < 1.29 is 14.2 Å². The minimum atomic E-state index is -0.387. The van der Waals surface area contributed by atoms with Crippen molar-refractivity contribution in [3.05, 3.63) is 64.1 Å². The fourth-order valence-corrected chi connectivity index (χ4v) is 4.38. The molecule has 1 spiro atoms. The van der Waals surface area contributed by atoms with Gasteiger partial charge in [-0.3, -0.25) is 0 Å². The summed E-state index contributed by atoms with van der Waals surface area (Å²) in [6.45, 7) is 3.47. The number of aromatic nitrogens is 1. The van der Waals surface area contributed by atoms with Crippen LogP contribution < -0.4 is 9.64 Å². The summed E-state index contributed by atoms with van der Waals surface area (Å²) in [6, 6.07) is 15.7. The van der Waals surface area contributed by atoms with Gasteiger partial charge >= 0.3 is 0 Å². The van der Waals surface area contributed by atoms with Crippen LogP contribution in [0.4, 0.5) is 5.82 Å². The van der Waals surface area contributed by atoms with E-state index in [-0.39, 0.29) is 5.79 Å². The first-order chi connectivity index (χ1) is 14.6. The Morgan fingerprint density at radius 2 is 1.77 bits per heavy atom. The van der Waals surface area contributed by atoms with Gasteiger partial charge in [-0.25, -0.2) is 4.98 Å². The molecule has 2 aliphatic heterocycles. The zero-order valence-electron chi connectivity index (χ0n) is 16.4. The largest absolute Gasteiger partial charge is 0.487 e. The molecule has 7 heteroatoms. The van der Waals surface area contributed by atoms with Gasteiger partial charge in [-0.2, -0.15) is 0 Å². The van der Waals surface area contributed by atoms with Crippen LogP contribution in [0.1, 0.15) is 18.4 Å². The number of nitrogens with zero attached hydrogens (tertiary/aromatic N) is 2. The Kier molecular flexibility index (Phi) is 5.46. The van der Waals surface area contributed by atoms with E-state index in [1.807, 2.05) is 30.3 Å². The molecule has 3 aromatic rings. The maximum atomic E-state index is 6.12. The Morgan fingerprint density at radius 3 is 2.53 bits per heavy atom. The molecule has 0 unspecified atom stereocenters. The van der Waals surface area contributed by atoms with Crippen molar-refractivity contribution in [1.29, 1.82) is 0 Å². The van der Waals surface area contributed by atoms with Crippen molar-refractivity contribution in [3.8, 4) is 5.75 Å². The normalized spacial score (nSPS) is 18.3. The highest BCUT2D eigenvalue weighted by atomic mass is 35.5. The highest BCUT2D eigenvalue weighted by Crippen LogP contribution is 2.34. The second-order valence-electron chi connectivity index (χ2n) is 7.63. The summed E-state index contributed by atoms with van der Waals surface area (Å²) in [5, 5.41) is 2.10. The summed E-state index contributed by atoms with van der Waals surface area (Å²) in [5.41, 5.74) is 1.80. The first-order valence-corrected chi connectivity index (χ1v) is 10.9. The highest BCUT2D eigenvalue weighted by molar-refractivity contribution is 6.42. The van der Waals surface area contributed by atoms with Gasteiger partial charge in [0.2, 0.25) is 0 Å². The van der Waals surface area contributed by atoms with Crippen molar-refractivity contribution >= 4 is 39.9 Å². The number of pyridine rings is 1. The fourth-order valence-electron chi connectivity index (χ4n) is 4.05. The molecule has 2 fully saturated rings. The van der Waals surface area contributed by atoms with Gasteiger partial charge in [0.15, 0.2) is 5.79 Å². The number of hydrogen-bond donors (Lipinski definition) is 0. The molecule has 5 nitrogen and oxygen atoms in total. The van der Waals surface area contributed by atoms with E-state index in [1.54, 1.807) is 6.07 Å². The number of anilines is 1. The Hall–Kier alpha value is -2.05. The molecular weight excluding hydrogens is 423 g/mol. The molecule has 2 aliphatic rings. The third kappa shape index (κ3) is 3.95. The summed E-state index contributed by atoms with van der Waals surface area (Å²) >= 11 is 12.1. The lowest BCUT2D eigenvalue weighted by molar-refractivity contribution is -0.169. The smallest absolute Gasteiger partial charge is 0.171 e. The molecule has 0 bridgehead atoms. The monoisotopic (exact) mass is 444 g/mol. The van der Waals surface area contributed by atoms with Gasteiger partial charge in [0.25, 0.3) is 0 Å². The number of ether oxygens (including phenoxy) is 3. The van der Waals surface area contributed by atoms with Crippen LogP contribution >= 0.6 is 23.2 Å². The van der Waals surface area contributed by atoms with Crippen molar-refractivity contribution in [2.24, 2.45) is 0 Å². The molecule has 1 aromatic heterocycles. The molecule has 2 saturated heterocycles. The van der Waals surface area contributed by atoms with Gasteiger partial charge < -0.3 is 19.1 Å². The Bertz CT molecular complexity index is 1060. The number of hydrogen-bond acceptors (Lipinski definition) is 5. The van der Waals surface area contributed by atoms with E-state index in [2.05, 4.69) is 17.0 Å². The van der Waals surface area contributed by atoms with Crippen molar-refractivity contribution in [2.45, 2.75) is 25.2 Å². The predicted octanol–water partition coefficient (Wildman–Crippen LogP) is 5.46. The quantitative estimate of drug-likeness (QED) is 0.534. The second kappa shape index (κ2) is 8.23. The van der Waals surface area contributed by atoms with Crippen LogP contribution in [0.3, 0.4) is 0 Å². The zero-order valence-corrected chi connectivity index (χ0v) is 18.0. The molecule has 0 saturated carbocycles. The summed E-state index contributed by atoms with van der Waals surface area (Å²) in [6.07, 6.45) is 1.70.